The maximum Gasteiger partial charge on any atom is 0.250 e. The normalized spacial score (nSPS) is 17.2. The molecule has 0 atom stereocenters. The predicted molar refractivity (Wildman–Crippen MR) is 107 cm³/mol. The number of aromatic nitrogens is 3. The molecular formula is C18H22ClN7O. The van der Waals surface area contributed by atoms with E-state index in [0.29, 0.717) is 28.4 Å². The van der Waals surface area contributed by atoms with Crippen LogP contribution < -0.4 is 15.2 Å². The number of nitrogens with zero attached hydrogens (tertiary/aromatic N) is 6. The maximum atomic E-state index is 9.88. The lowest BCUT2D eigenvalue weighted by Crippen LogP contribution is -2.25. The van der Waals surface area contributed by atoms with Gasteiger partial charge in [0.05, 0.1) is 6.21 Å². The number of benzene rings is 1. The van der Waals surface area contributed by atoms with E-state index >= 15 is 0 Å². The summed E-state index contributed by atoms with van der Waals surface area (Å²) in [5, 5.41) is 14.6. The lowest BCUT2D eigenvalue weighted by atomic mass is 10.2. The first-order valence-electron chi connectivity index (χ1n) is 9.22. The Morgan fingerprint density at radius 1 is 0.963 bits per heavy atom. The van der Waals surface area contributed by atoms with E-state index in [4.69, 9.17) is 11.6 Å². The molecule has 1 aromatic carbocycles. The summed E-state index contributed by atoms with van der Waals surface area (Å²) in [5.74, 6) is 1.88. The van der Waals surface area contributed by atoms with Gasteiger partial charge in [-0.25, -0.2) is 5.43 Å². The average Bonchev–Trinajstić information content (AvgIpc) is 3.38. The second kappa shape index (κ2) is 7.96. The van der Waals surface area contributed by atoms with Crippen LogP contribution in [0.1, 0.15) is 31.2 Å². The summed E-state index contributed by atoms with van der Waals surface area (Å²) < 4.78 is 0. The molecule has 2 aromatic rings. The van der Waals surface area contributed by atoms with Crippen molar-refractivity contribution in [2.75, 3.05) is 41.4 Å². The SMILES string of the molecule is Oc1ccc(Cl)cc1/C=N/Nc1nc(N2CCCC2)nc(N2CCCC2)n1. The third-order valence-electron chi connectivity index (χ3n) is 4.75. The molecule has 27 heavy (non-hydrogen) atoms. The zero-order valence-electron chi connectivity index (χ0n) is 15.0. The molecule has 2 fully saturated rings. The van der Waals surface area contributed by atoms with Gasteiger partial charge in [0.2, 0.25) is 17.8 Å². The standard InChI is InChI=1S/C18H22ClN7O/c19-14-5-6-15(27)13(11-14)12-20-24-16-21-17(25-7-1-2-8-25)23-18(22-16)26-9-3-4-10-26/h5-6,11-12,27H,1-4,7-10H2,(H,21,22,23,24)/b20-12+. The molecule has 4 rings (SSSR count). The fraction of sp³-hybridized carbons (Fsp3) is 0.444. The van der Waals surface area contributed by atoms with Crippen LogP contribution in [-0.4, -0.2) is 52.5 Å². The number of hydrogen-bond acceptors (Lipinski definition) is 8. The van der Waals surface area contributed by atoms with E-state index in [1.165, 1.54) is 12.3 Å². The lowest BCUT2D eigenvalue weighted by Gasteiger charge is -2.20. The highest BCUT2D eigenvalue weighted by atomic mass is 35.5. The van der Waals surface area contributed by atoms with Crippen molar-refractivity contribution in [2.24, 2.45) is 5.10 Å². The Bertz CT molecular complexity index is 798. The molecule has 0 bridgehead atoms. The van der Waals surface area contributed by atoms with Crippen LogP contribution in [0, 0.1) is 0 Å². The number of halogens is 1. The van der Waals surface area contributed by atoms with Gasteiger partial charge >= 0.3 is 0 Å². The summed E-state index contributed by atoms with van der Waals surface area (Å²) in [6.07, 6.45) is 6.11. The Balaban J connectivity index is 1.56. The number of nitrogens with one attached hydrogen (secondary N) is 1. The van der Waals surface area contributed by atoms with Crippen molar-refractivity contribution in [3.63, 3.8) is 0 Å². The van der Waals surface area contributed by atoms with Crippen LogP contribution in [0.25, 0.3) is 0 Å². The predicted octanol–water partition coefficient (Wildman–Crippen LogP) is 2.88. The highest BCUT2D eigenvalue weighted by Gasteiger charge is 2.21. The largest absolute Gasteiger partial charge is 0.507 e. The first kappa shape index (κ1) is 17.8. The zero-order chi connectivity index (χ0) is 18.6. The number of phenols is 1. The molecule has 142 valence electrons. The first-order chi connectivity index (χ1) is 13.2. The van der Waals surface area contributed by atoms with Gasteiger partial charge in [0.15, 0.2) is 0 Å². The minimum atomic E-state index is 0.108. The van der Waals surface area contributed by atoms with Gasteiger partial charge in [-0.15, -0.1) is 0 Å². The number of rotatable bonds is 5. The molecule has 0 amide bonds. The van der Waals surface area contributed by atoms with Crippen LogP contribution in [0.3, 0.4) is 0 Å². The van der Waals surface area contributed by atoms with Crippen molar-refractivity contribution in [2.45, 2.75) is 25.7 Å². The van der Waals surface area contributed by atoms with E-state index in [9.17, 15) is 5.11 Å². The van der Waals surface area contributed by atoms with Crippen LogP contribution >= 0.6 is 11.6 Å². The second-order valence-electron chi connectivity index (χ2n) is 6.72. The molecule has 0 spiro atoms. The molecule has 2 aliphatic heterocycles. The molecule has 3 heterocycles. The van der Waals surface area contributed by atoms with Crippen molar-refractivity contribution in [1.29, 1.82) is 0 Å². The summed E-state index contributed by atoms with van der Waals surface area (Å²) in [7, 11) is 0. The van der Waals surface area contributed by atoms with Gasteiger partial charge in [-0.2, -0.15) is 20.1 Å². The topological polar surface area (TPSA) is 89.8 Å². The third kappa shape index (κ3) is 4.21. The lowest BCUT2D eigenvalue weighted by molar-refractivity contribution is 0.474. The highest BCUT2D eigenvalue weighted by molar-refractivity contribution is 6.30. The fourth-order valence-electron chi connectivity index (χ4n) is 3.31. The van der Waals surface area contributed by atoms with Crippen LogP contribution in [0.5, 0.6) is 5.75 Å². The monoisotopic (exact) mass is 387 g/mol. The smallest absolute Gasteiger partial charge is 0.250 e. The summed E-state index contributed by atoms with van der Waals surface area (Å²) in [4.78, 5) is 18.1. The number of anilines is 3. The maximum absolute atomic E-state index is 9.88. The van der Waals surface area contributed by atoms with Crippen LogP contribution in [0.2, 0.25) is 5.02 Å². The van der Waals surface area contributed by atoms with Gasteiger partial charge in [-0.1, -0.05) is 11.6 Å². The minimum Gasteiger partial charge on any atom is -0.507 e. The minimum absolute atomic E-state index is 0.108. The second-order valence-corrected chi connectivity index (χ2v) is 7.16. The van der Waals surface area contributed by atoms with Crippen molar-refractivity contribution in [3.05, 3.63) is 28.8 Å². The molecular weight excluding hydrogens is 366 g/mol. The van der Waals surface area contributed by atoms with Crippen LogP contribution in [0.4, 0.5) is 17.8 Å². The first-order valence-corrected chi connectivity index (χ1v) is 9.60. The van der Waals surface area contributed by atoms with E-state index in [1.54, 1.807) is 12.1 Å². The molecule has 1 aromatic heterocycles. The average molecular weight is 388 g/mol. The third-order valence-corrected chi connectivity index (χ3v) is 4.98. The van der Waals surface area contributed by atoms with E-state index in [0.717, 1.165) is 51.9 Å². The number of hydrogen-bond donors (Lipinski definition) is 2. The fourth-order valence-corrected chi connectivity index (χ4v) is 3.49. The van der Waals surface area contributed by atoms with E-state index in [2.05, 4.69) is 35.3 Å². The van der Waals surface area contributed by atoms with Gasteiger partial charge in [-0.3, -0.25) is 0 Å². The summed E-state index contributed by atoms with van der Waals surface area (Å²) in [6, 6.07) is 4.79. The molecule has 8 nitrogen and oxygen atoms in total. The van der Waals surface area contributed by atoms with Gasteiger partial charge in [0, 0.05) is 36.8 Å². The van der Waals surface area contributed by atoms with Gasteiger partial charge in [-0.05, 0) is 43.9 Å². The number of aromatic hydroxyl groups is 1. The van der Waals surface area contributed by atoms with Crippen molar-refractivity contribution >= 4 is 35.7 Å². The Kier molecular flexibility index (Phi) is 5.24. The molecule has 2 aliphatic rings. The van der Waals surface area contributed by atoms with Crippen LogP contribution in [-0.2, 0) is 0 Å². The van der Waals surface area contributed by atoms with Gasteiger partial charge < -0.3 is 14.9 Å². The van der Waals surface area contributed by atoms with Crippen LogP contribution in [0.15, 0.2) is 23.3 Å². The summed E-state index contributed by atoms with van der Waals surface area (Å²) >= 11 is 5.96. The molecule has 2 saturated heterocycles. The van der Waals surface area contributed by atoms with Gasteiger partial charge in [0.25, 0.3) is 0 Å². The summed E-state index contributed by atoms with van der Waals surface area (Å²) in [5.41, 5.74) is 3.38. The quantitative estimate of drug-likeness (QED) is 0.602. The van der Waals surface area contributed by atoms with Crippen molar-refractivity contribution < 1.29 is 5.11 Å². The highest BCUT2D eigenvalue weighted by Crippen LogP contribution is 2.23. The Morgan fingerprint density at radius 3 is 2.15 bits per heavy atom. The van der Waals surface area contributed by atoms with E-state index in [-0.39, 0.29) is 5.75 Å². The van der Waals surface area contributed by atoms with E-state index in [1.807, 2.05) is 0 Å². The molecule has 0 radical (unpaired) electrons. The molecule has 9 heteroatoms. The molecule has 0 unspecified atom stereocenters. The Hall–Kier alpha value is -2.61. The Labute approximate surface area is 162 Å². The molecule has 2 N–H and O–H groups in total. The number of hydrazone groups is 1. The van der Waals surface area contributed by atoms with E-state index < -0.39 is 0 Å². The van der Waals surface area contributed by atoms with Crippen molar-refractivity contribution in [3.8, 4) is 5.75 Å². The van der Waals surface area contributed by atoms with Crippen molar-refractivity contribution in [1.82, 2.24) is 15.0 Å². The molecule has 0 saturated carbocycles. The molecule has 0 aliphatic carbocycles. The van der Waals surface area contributed by atoms with Gasteiger partial charge in [0.1, 0.15) is 5.75 Å². The number of phenolic OH excluding ortho intramolecular Hbond substituents is 1. The Morgan fingerprint density at radius 2 is 1.56 bits per heavy atom. The summed E-state index contributed by atoms with van der Waals surface area (Å²) in [6.45, 7) is 3.84. The zero-order valence-corrected chi connectivity index (χ0v) is 15.7.